The normalized spacial score (nSPS) is 24.7. The Balaban J connectivity index is 0.000000640. The van der Waals surface area contributed by atoms with E-state index in [1.165, 1.54) is 0 Å². The third-order valence-corrected chi connectivity index (χ3v) is 1.59. The number of alkyl halides is 2. The molecule has 0 spiro atoms. The molecule has 0 aromatic carbocycles. The fourth-order valence-corrected chi connectivity index (χ4v) is 1.07. The predicted molar refractivity (Wildman–Crippen MR) is 35.3 cm³/mol. The molecule has 0 aromatic rings. The number of hydrogen-bond donors (Lipinski definition) is 0. The van der Waals surface area contributed by atoms with Crippen LogP contribution in [0.4, 0.5) is 8.78 Å². The summed E-state index contributed by atoms with van der Waals surface area (Å²) in [5.41, 5.74) is 0. The van der Waals surface area contributed by atoms with Gasteiger partial charge in [-0.3, -0.25) is 0 Å². The minimum atomic E-state index is -2.32. The fourth-order valence-electron chi connectivity index (χ4n) is 1.07. The second-order valence-corrected chi connectivity index (χ2v) is 2.42. The first-order valence-corrected chi connectivity index (χ1v) is 3.09. The van der Waals surface area contributed by atoms with Crippen LogP contribution in [0.2, 0.25) is 0 Å². The Morgan fingerprint density at radius 1 is 0.889 bits per heavy atom. The first kappa shape index (κ1) is 9.15. The summed E-state index contributed by atoms with van der Waals surface area (Å²) in [5.74, 6) is -2.32. The predicted octanol–water partition coefficient (Wildman–Crippen LogP) is 3.01. The molecular formula is C6H11ClF2. The van der Waals surface area contributed by atoms with E-state index in [0.29, 0.717) is 12.8 Å². The highest BCUT2D eigenvalue weighted by Gasteiger charge is 2.30. The molecule has 1 fully saturated rings. The van der Waals surface area contributed by atoms with Gasteiger partial charge in [0.2, 0.25) is 5.92 Å². The summed E-state index contributed by atoms with van der Waals surface area (Å²) in [7, 11) is 0. The lowest BCUT2D eigenvalue weighted by molar-refractivity contribution is -0.0337. The van der Waals surface area contributed by atoms with Gasteiger partial charge in [-0.2, -0.15) is 0 Å². The molecule has 1 aliphatic carbocycles. The molecule has 0 radical (unpaired) electrons. The fraction of sp³-hybridized carbons (Fsp3) is 1.00. The van der Waals surface area contributed by atoms with Crippen LogP contribution in [0.5, 0.6) is 0 Å². The Bertz CT molecular complexity index is 75.1. The molecule has 56 valence electrons. The third-order valence-electron chi connectivity index (χ3n) is 1.59. The molecule has 0 atom stereocenters. The van der Waals surface area contributed by atoms with Crippen molar-refractivity contribution in [2.75, 3.05) is 0 Å². The minimum Gasteiger partial charge on any atom is -0.207 e. The van der Waals surface area contributed by atoms with Gasteiger partial charge in [-0.15, -0.1) is 12.4 Å². The molecule has 3 heteroatoms. The maximum Gasteiger partial charge on any atom is 0.248 e. The second-order valence-electron chi connectivity index (χ2n) is 2.42. The zero-order valence-corrected chi connectivity index (χ0v) is 6.02. The van der Waals surface area contributed by atoms with E-state index in [-0.39, 0.29) is 25.2 Å². The summed E-state index contributed by atoms with van der Waals surface area (Å²) in [5, 5.41) is 0. The summed E-state index contributed by atoms with van der Waals surface area (Å²) in [6.07, 6.45) is 2.66. The van der Waals surface area contributed by atoms with Crippen LogP contribution in [0.3, 0.4) is 0 Å². The zero-order valence-electron chi connectivity index (χ0n) is 5.20. The smallest absolute Gasteiger partial charge is 0.207 e. The van der Waals surface area contributed by atoms with Crippen molar-refractivity contribution in [1.29, 1.82) is 0 Å². The molecule has 0 aliphatic heterocycles. The molecule has 1 rings (SSSR count). The van der Waals surface area contributed by atoms with Crippen LogP contribution >= 0.6 is 12.4 Å². The van der Waals surface area contributed by atoms with Crippen LogP contribution in [-0.4, -0.2) is 5.92 Å². The third kappa shape index (κ3) is 2.99. The van der Waals surface area contributed by atoms with Gasteiger partial charge in [0.05, 0.1) is 0 Å². The average molecular weight is 157 g/mol. The van der Waals surface area contributed by atoms with Crippen molar-refractivity contribution in [2.45, 2.75) is 38.0 Å². The molecule has 0 heterocycles. The highest BCUT2D eigenvalue weighted by molar-refractivity contribution is 5.85. The minimum absolute atomic E-state index is 0. The van der Waals surface area contributed by atoms with Crippen molar-refractivity contribution in [3.05, 3.63) is 0 Å². The largest absolute Gasteiger partial charge is 0.248 e. The van der Waals surface area contributed by atoms with Gasteiger partial charge in [0.1, 0.15) is 0 Å². The number of hydrogen-bond acceptors (Lipinski definition) is 0. The lowest BCUT2D eigenvalue weighted by atomic mass is 9.97. The molecule has 9 heavy (non-hydrogen) atoms. The van der Waals surface area contributed by atoms with E-state index in [1.54, 1.807) is 0 Å². The summed E-state index contributed by atoms with van der Waals surface area (Å²) >= 11 is 0. The van der Waals surface area contributed by atoms with Crippen molar-refractivity contribution in [3.63, 3.8) is 0 Å². The summed E-state index contributed by atoms with van der Waals surface area (Å²) < 4.78 is 24.4. The first-order valence-electron chi connectivity index (χ1n) is 3.09. The van der Waals surface area contributed by atoms with E-state index in [1.807, 2.05) is 0 Å². The maximum atomic E-state index is 12.2. The van der Waals surface area contributed by atoms with Gasteiger partial charge in [0.25, 0.3) is 0 Å². The molecule has 1 saturated carbocycles. The Hall–Kier alpha value is 0.150. The summed E-state index contributed by atoms with van der Waals surface area (Å²) in [6, 6.07) is 0. The van der Waals surface area contributed by atoms with Crippen LogP contribution in [0.15, 0.2) is 0 Å². The summed E-state index contributed by atoms with van der Waals surface area (Å²) in [6.45, 7) is 0. The standard InChI is InChI=1S/C6H10F2.ClH/c7-6(8)4-2-1-3-5-6;/h1-5H2;1H. The van der Waals surface area contributed by atoms with Gasteiger partial charge in [0, 0.05) is 12.8 Å². The molecule has 0 aromatic heterocycles. The summed E-state index contributed by atoms with van der Waals surface area (Å²) in [4.78, 5) is 0. The van der Waals surface area contributed by atoms with Gasteiger partial charge in [-0.05, 0) is 12.8 Å². The van der Waals surface area contributed by atoms with Gasteiger partial charge >= 0.3 is 0 Å². The highest BCUT2D eigenvalue weighted by Crippen LogP contribution is 2.32. The number of rotatable bonds is 0. The van der Waals surface area contributed by atoms with Crippen molar-refractivity contribution in [3.8, 4) is 0 Å². The monoisotopic (exact) mass is 156 g/mol. The highest BCUT2D eigenvalue weighted by atomic mass is 35.5. The molecule has 0 amide bonds. The molecule has 0 unspecified atom stereocenters. The molecule has 0 saturated heterocycles. The van der Waals surface area contributed by atoms with Crippen molar-refractivity contribution in [2.24, 2.45) is 0 Å². The van der Waals surface area contributed by atoms with Gasteiger partial charge in [0.15, 0.2) is 0 Å². The van der Waals surface area contributed by atoms with Crippen LogP contribution in [0.25, 0.3) is 0 Å². The van der Waals surface area contributed by atoms with E-state index < -0.39 is 5.92 Å². The lowest BCUT2D eigenvalue weighted by Crippen LogP contribution is -2.18. The lowest BCUT2D eigenvalue weighted by Gasteiger charge is -2.20. The molecular weight excluding hydrogens is 146 g/mol. The maximum absolute atomic E-state index is 12.2. The topological polar surface area (TPSA) is 0 Å². The van der Waals surface area contributed by atoms with Crippen LogP contribution in [0.1, 0.15) is 32.1 Å². The molecule has 1 aliphatic rings. The molecule has 0 N–H and O–H groups in total. The van der Waals surface area contributed by atoms with Crippen molar-refractivity contribution in [1.82, 2.24) is 0 Å². The van der Waals surface area contributed by atoms with Gasteiger partial charge in [-0.1, -0.05) is 6.42 Å². The average Bonchev–Trinajstić information content (AvgIpc) is 1.65. The Morgan fingerprint density at radius 2 is 1.33 bits per heavy atom. The Morgan fingerprint density at radius 3 is 1.56 bits per heavy atom. The Kier molecular flexibility index (Phi) is 3.41. The quantitative estimate of drug-likeness (QED) is 0.506. The van der Waals surface area contributed by atoms with Crippen molar-refractivity contribution < 1.29 is 8.78 Å². The second kappa shape index (κ2) is 3.35. The van der Waals surface area contributed by atoms with E-state index >= 15 is 0 Å². The van der Waals surface area contributed by atoms with Crippen LogP contribution in [0, 0.1) is 0 Å². The molecule has 0 bridgehead atoms. The zero-order chi connectivity index (χ0) is 6.04. The van der Waals surface area contributed by atoms with Gasteiger partial charge in [-0.25, -0.2) is 8.78 Å². The van der Waals surface area contributed by atoms with Crippen LogP contribution < -0.4 is 0 Å². The van der Waals surface area contributed by atoms with Crippen molar-refractivity contribution >= 4 is 12.4 Å². The SMILES string of the molecule is Cl.FC1(F)CCCCC1. The Labute approximate surface area is 60.0 Å². The first-order chi connectivity index (χ1) is 3.71. The van der Waals surface area contributed by atoms with E-state index in [9.17, 15) is 8.78 Å². The number of halogens is 3. The van der Waals surface area contributed by atoms with E-state index in [0.717, 1.165) is 6.42 Å². The van der Waals surface area contributed by atoms with E-state index in [4.69, 9.17) is 0 Å². The van der Waals surface area contributed by atoms with Crippen LogP contribution in [-0.2, 0) is 0 Å². The molecule has 0 nitrogen and oxygen atoms in total. The van der Waals surface area contributed by atoms with Gasteiger partial charge < -0.3 is 0 Å². The van der Waals surface area contributed by atoms with E-state index in [2.05, 4.69) is 0 Å².